The van der Waals surface area contributed by atoms with Gasteiger partial charge in [0.15, 0.2) is 0 Å². The molecule has 0 aromatic rings. The Kier molecular flexibility index (Phi) is 41.7. The van der Waals surface area contributed by atoms with Crippen LogP contribution in [0.15, 0.2) is 0 Å². The quantitative estimate of drug-likeness (QED) is 0.0673. The number of carboxylic acid groups (broad SMARTS) is 1. The first-order chi connectivity index (χ1) is 25.6. The number of ether oxygens (including phenoxy) is 12. The lowest BCUT2D eigenvalue weighted by molar-refractivity contribution is -0.146. The number of unbranched alkanes of at least 4 members (excludes halogenated alkanes) is 5. The molecule has 0 unspecified atom stereocenters. The minimum atomic E-state index is -1.13. The lowest BCUT2D eigenvalue weighted by Crippen LogP contribution is -2.31. The maximum atomic E-state index is 11.7. The van der Waals surface area contributed by atoms with Gasteiger partial charge in [-0.15, -0.1) is 0 Å². The van der Waals surface area contributed by atoms with Crippen molar-refractivity contribution >= 4 is 17.8 Å². The second-order valence-electron chi connectivity index (χ2n) is 11.1. The van der Waals surface area contributed by atoms with Gasteiger partial charge >= 0.3 is 11.9 Å². The summed E-state index contributed by atoms with van der Waals surface area (Å²) in [5.74, 6) is -1.68. The molecule has 0 rings (SSSR count). The molecule has 0 aromatic carbocycles. The fourth-order valence-corrected chi connectivity index (χ4v) is 3.96. The van der Waals surface area contributed by atoms with Gasteiger partial charge in [-0.3, -0.25) is 9.59 Å². The number of hydrogen-bond donors (Lipinski definition) is 2. The Morgan fingerprint density at radius 2 is 0.769 bits per heavy atom. The first-order valence-electron chi connectivity index (χ1n) is 18.6. The van der Waals surface area contributed by atoms with Crippen LogP contribution in [0.25, 0.3) is 0 Å². The zero-order chi connectivity index (χ0) is 37.8. The van der Waals surface area contributed by atoms with Crippen LogP contribution in [-0.4, -0.2) is 181 Å². The summed E-state index contributed by atoms with van der Waals surface area (Å²) in [4.78, 5) is 33.3. The molecule has 52 heavy (non-hydrogen) atoms. The second-order valence-corrected chi connectivity index (χ2v) is 11.1. The van der Waals surface area contributed by atoms with Crippen LogP contribution in [0.2, 0.25) is 0 Å². The molecule has 0 aromatic heterocycles. The van der Waals surface area contributed by atoms with E-state index in [1.807, 2.05) is 0 Å². The molecule has 0 aliphatic heterocycles. The molecule has 0 aliphatic rings. The zero-order valence-electron chi connectivity index (χ0n) is 31.5. The first-order valence-corrected chi connectivity index (χ1v) is 18.6. The third kappa shape index (κ3) is 44.1. The van der Waals surface area contributed by atoms with E-state index in [1.165, 1.54) is 25.7 Å². The average Bonchev–Trinajstić information content (AvgIpc) is 3.13. The molecule has 0 spiro atoms. The Morgan fingerprint density at radius 1 is 0.423 bits per heavy atom. The summed E-state index contributed by atoms with van der Waals surface area (Å²) in [7, 11) is 0. The third-order valence-corrected chi connectivity index (χ3v) is 6.60. The summed E-state index contributed by atoms with van der Waals surface area (Å²) in [5.41, 5.74) is 0. The zero-order valence-corrected chi connectivity index (χ0v) is 31.5. The fourth-order valence-electron chi connectivity index (χ4n) is 3.96. The lowest BCUT2D eigenvalue weighted by atomic mass is 10.1. The monoisotopic (exact) mass is 757 g/mol. The molecule has 1 amide bonds. The van der Waals surface area contributed by atoms with E-state index in [-0.39, 0.29) is 19.2 Å². The Hall–Kier alpha value is -2.03. The number of aliphatic carboxylic acids is 1. The SMILES string of the molecule is CCCCCCCCC(=O)OCCOCCOCCOCCOCCOCCOCCOCCOCCOCCOCCNC(=O)COCC(=O)O. The molecule has 0 bridgehead atoms. The van der Waals surface area contributed by atoms with Crippen molar-refractivity contribution in [3.05, 3.63) is 0 Å². The van der Waals surface area contributed by atoms with Crippen LogP contribution in [0, 0.1) is 0 Å². The van der Waals surface area contributed by atoms with Gasteiger partial charge in [-0.25, -0.2) is 4.79 Å². The summed E-state index contributed by atoms with van der Waals surface area (Å²) >= 11 is 0. The van der Waals surface area contributed by atoms with Crippen LogP contribution >= 0.6 is 0 Å². The summed E-state index contributed by atoms with van der Waals surface area (Å²) in [6.07, 6.45) is 7.37. The van der Waals surface area contributed by atoms with Crippen molar-refractivity contribution in [1.82, 2.24) is 5.32 Å². The van der Waals surface area contributed by atoms with Gasteiger partial charge in [-0.2, -0.15) is 0 Å². The van der Waals surface area contributed by atoms with Crippen LogP contribution in [0.5, 0.6) is 0 Å². The number of hydrogen-bond acceptors (Lipinski definition) is 15. The second kappa shape index (κ2) is 43.4. The predicted molar refractivity (Wildman–Crippen MR) is 189 cm³/mol. The van der Waals surface area contributed by atoms with Crippen LogP contribution in [0.4, 0.5) is 0 Å². The van der Waals surface area contributed by atoms with Crippen molar-refractivity contribution in [2.75, 3.05) is 159 Å². The molecule has 0 radical (unpaired) electrons. The van der Waals surface area contributed by atoms with E-state index >= 15 is 0 Å². The Bertz CT molecular complexity index is 779. The normalized spacial score (nSPS) is 11.2. The molecular weight excluding hydrogens is 690 g/mol. The van der Waals surface area contributed by atoms with E-state index in [4.69, 9.17) is 57.2 Å². The number of rotatable bonds is 44. The highest BCUT2D eigenvalue weighted by Crippen LogP contribution is 2.07. The van der Waals surface area contributed by atoms with Gasteiger partial charge in [-0.1, -0.05) is 39.0 Å². The van der Waals surface area contributed by atoms with Crippen LogP contribution in [0.1, 0.15) is 51.9 Å². The van der Waals surface area contributed by atoms with E-state index < -0.39 is 18.5 Å². The third-order valence-electron chi connectivity index (χ3n) is 6.60. The van der Waals surface area contributed by atoms with E-state index in [0.29, 0.717) is 145 Å². The van der Waals surface area contributed by atoms with Crippen LogP contribution in [-0.2, 0) is 71.2 Å². The molecule has 17 heteroatoms. The van der Waals surface area contributed by atoms with Gasteiger partial charge in [0, 0.05) is 13.0 Å². The van der Waals surface area contributed by atoms with Gasteiger partial charge in [0.1, 0.15) is 19.8 Å². The number of esters is 1. The first kappa shape index (κ1) is 50.0. The minimum Gasteiger partial charge on any atom is -0.480 e. The maximum Gasteiger partial charge on any atom is 0.329 e. The molecule has 17 nitrogen and oxygen atoms in total. The van der Waals surface area contributed by atoms with Gasteiger partial charge in [0.25, 0.3) is 0 Å². The lowest BCUT2D eigenvalue weighted by Gasteiger charge is -2.09. The molecular formula is C35H67NO16. The van der Waals surface area contributed by atoms with Gasteiger partial charge in [-0.05, 0) is 6.42 Å². The topological polar surface area (TPSA) is 194 Å². The largest absolute Gasteiger partial charge is 0.480 e. The van der Waals surface area contributed by atoms with Crippen LogP contribution < -0.4 is 5.32 Å². The predicted octanol–water partition coefficient (Wildman–Crippen LogP) is 1.66. The molecule has 0 heterocycles. The highest BCUT2D eigenvalue weighted by atomic mass is 16.6. The van der Waals surface area contributed by atoms with Gasteiger partial charge in [0.05, 0.1) is 132 Å². The van der Waals surface area contributed by atoms with Gasteiger partial charge < -0.3 is 67.3 Å². The van der Waals surface area contributed by atoms with Gasteiger partial charge in [0.2, 0.25) is 5.91 Å². The number of amides is 1. The van der Waals surface area contributed by atoms with Crippen molar-refractivity contribution in [2.45, 2.75) is 51.9 Å². The standard InChI is InChI=1S/C35H67NO16/c1-2-3-4-5-6-7-8-35(40)52-30-29-50-28-27-49-26-25-48-24-23-47-22-21-46-20-19-45-18-17-44-16-15-43-14-13-42-12-11-41-10-9-36-33(37)31-51-32-34(38)39/h2-32H2,1H3,(H,36,37)(H,38,39). The molecule has 0 atom stereocenters. The molecule has 0 fully saturated rings. The Balaban J connectivity index is 3.13. The van der Waals surface area contributed by atoms with Crippen molar-refractivity contribution < 1.29 is 76.3 Å². The molecule has 2 N–H and O–H groups in total. The summed E-state index contributed by atoms with van der Waals surface area (Å²) in [5, 5.41) is 11.0. The Labute approximate surface area is 309 Å². The van der Waals surface area contributed by atoms with E-state index in [2.05, 4.69) is 17.0 Å². The average molecular weight is 758 g/mol. The summed E-state index contributed by atoms with van der Waals surface area (Å²) in [6.45, 7) is 10.8. The highest BCUT2D eigenvalue weighted by molar-refractivity contribution is 5.77. The van der Waals surface area contributed by atoms with Crippen molar-refractivity contribution in [3.63, 3.8) is 0 Å². The smallest absolute Gasteiger partial charge is 0.329 e. The molecule has 308 valence electrons. The summed E-state index contributed by atoms with van der Waals surface area (Å²) < 4.78 is 64.2. The number of carboxylic acids is 1. The number of carbonyl (C=O) groups is 3. The molecule has 0 saturated heterocycles. The van der Waals surface area contributed by atoms with E-state index in [1.54, 1.807) is 0 Å². The number of carbonyl (C=O) groups excluding carboxylic acids is 2. The summed E-state index contributed by atoms with van der Waals surface area (Å²) in [6, 6.07) is 0. The molecule has 0 saturated carbocycles. The Morgan fingerprint density at radius 3 is 1.15 bits per heavy atom. The maximum absolute atomic E-state index is 11.7. The fraction of sp³-hybridized carbons (Fsp3) is 0.914. The molecule has 0 aliphatic carbocycles. The van der Waals surface area contributed by atoms with E-state index in [0.717, 1.165) is 12.8 Å². The highest BCUT2D eigenvalue weighted by Gasteiger charge is 2.04. The van der Waals surface area contributed by atoms with Crippen molar-refractivity contribution in [2.24, 2.45) is 0 Å². The number of nitrogens with one attached hydrogen (secondary N) is 1. The van der Waals surface area contributed by atoms with Crippen LogP contribution in [0.3, 0.4) is 0 Å². The van der Waals surface area contributed by atoms with E-state index in [9.17, 15) is 14.4 Å². The van der Waals surface area contributed by atoms with Crippen molar-refractivity contribution in [3.8, 4) is 0 Å². The minimum absolute atomic E-state index is 0.153. The van der Waals surface area contributed by atoms with Crippen molar-refractivity contribution in [1.29, 1.82) is 0 Å².